The maximum Gasteiger partial charge on any atom is 0.256 e. The van der Waals surface area contributed by atoms with E-state index in [9.17, 15) is 9.90 Å². The van der Waals surface area contributed by atoms with Crippen LogP contribution >= 0.6 is 0 Å². The van der Waals surface area contributed by atoms with Crippen molar-refractivity contribution in [3.05, 3.63) is 47.8 Å². The molecule has 1 saturated carbocycles. The Hall–Kier alpha value is -3.41. The molecular formula is C27H32N6O2. The van der Waals surface area contributed by atoms with Crippen LogP contribution < -0.4 is 11.1 Å². The number of nitrogens with two attached hydrogens (primary N) is 1. The molecule has 2 aromatic heterocycles. The zero-order valence-electron chi connectivity index (χ0n) is 20.3. The van der Waals surface area contributed by atoms with E-state index in [1.165, 1.54) is 0 Å². The lowest BCUT2D eigenvalue weighted by Crippen LogP contribution is -2.55. The van der Waals surface area contributed by atoms with Crippen LogP contribution in [-0.4, -0.2) is 61.2 Å². The topological polar surface area (TPSA) is 109 Å². The van der Waals surface area contributed by atoms with Gasteiger partial charge in [0.2, 0.25) is 5.95 Å². The number of nitrogen functional groups attached to an aromatic ring is 1. The number of nitrogens with zero attached hydrogens (tertiary/aromatic N) is 4. The minimum Gasteiger partial charge on any atom is -0.378 e. The van der Waals surface area contributed by atoms with Gasteiger partial charge < -0.3 is 25.6 Å². The summed E-state index contributed by atoms with van der Waals surface area (Å²) in [6.45, 7) is 5.49. The van der Waals surface area contributed by atoms with Gasteiger partial charge in [0, 0.05) is 48.5 Å². The number of aliphatic hydroxyl groups is 1. The van der Waals surface area contributed by atoms with Crippen LogP contribution in [0.5, 0.6) is 0 Å². The number of carbonyl (C=O) groups excluding carboxylic acids is 1. The number of anilines is 1. The summed E-state index contributed by atoms with van der Waals surface area (Å²) in [4.78, 5) is 23.9. The van der Waals surface area contributed by atoms with Crippen LogP contribution in [0.15, 0.2) is 36.7 Å². The Balaban J connectivity index is 1.58. The summed E-state index contributed by atoms with van der Waals surface area (Å²) in [5.41, 5.74) is 7.14. The van der Waals surface area contributed by atoms with Gasteiger partial charge in [-0.1, -0.05) is 24.3 Å². The maximum atomic E-state index is 13.6. The SMILES string of the molecule is CC1CN(C(=O)c2cn(-c3ccnc(N)n3)c3cc(C#CC4(O)CCCCC4)ccc23)CC(C)N1. The molecule has 1 aliphatic carbocycles. The van der Waals surface area contributed by atoms with Crippen molar-refractivity contribution < 1.29 is 9.90 Å². The van der Waals surface area contributed by atoms with Crippen molar-refractivity contribution in [1.82, 2.24) is 24.8 Å². The van der Waals surface area contributed by atoms with Crippen molar-refractivity contribution in [3.8, 4) is 17.7 Å². The fraction of sp³-hybridized carbons (Fsp3) is 0.444. The van der Waals surface area contributed by atoms with Crippen LogP contribution in [0.1, 0.15) is 61.9 Å². The number of carbonyl (C=O) groups is 1. The Kier molecular flexibility index (Phi) is 6.22. The molecule has 8 nitrogen and oxygen atoms in total. The molecular weight excluding hydrogens is 440 g/mol. The number of nitrogens with one attached hydrogen (secondary N) is 1. The van der Waals surface area contributed by atoms with Crippen molar-refractivity contribution in [3.63, 3.8) is 0 Å². The standard InChI is InChI=1S/C27H32N6O2/c1-18-15-32(16-19(2)30-18)25(34)22-17-33(24-9-13-29-26(28)31-24)23-14-20(6-7-21(22)23)8-12-27(35)10-4-3-5-11-27/h6-7,9,13-14,17-19,30,35H,3-5,10-11,15-16H2,1-2H3,(H2,28,29,31). The van der Waals surface area contributed by atoms with Gasteiger partial charge in [-0.2, -0.15) is 4.98 Å². The average molecular weight is 473 g/mol. The third-order valence-corrected chi connectivity index (χ3v) is 6.91. The van der Waals surface area contributed by atoms with E-state index in [-0.39, 0.29) is 23.9 Å². The molecule has 2 aliphatic rings. The van der Waals surface area contributed by atoms with Crippen LogP contribution in [0.4, 0.5) is 5.95 Å². The van der Waals surface area contributed by atoms with Gasteiger partial charge in [0.15, 0.2) is 0 Å². The van der Waals surface area contributed by atoms with Crippen molar-refractivity contribution >= 4 is 22.8 Å². The predicted molar refractivity (Wildman–Crippen MR) is 136 cm³/mol. The molecule has 8 heteroatoms. The first-order valence-electron chi connectivity index (χ1n) is 12.4. The van der Waals surface area contributed by atoms with Crippen molar-refractivity contribution in [2.75, 3.05) is 18.8 Å². The number of fused-ring (bicyclic) bond motifs is 1. The quantitative estimate of drug-likeness (QED) is 0.495. The second-order valence-electron chi connectivity index (χ2n) is 9.94. The molecule has 2 fully saturated rings. The molecule has 0 spiro atoms. The van der Waals surface area contributed by atoms with Crippen LogP contribution in [0.2, 0.25) is 0 Å². The number of hydrogen-bond acceptors (Lipinski definition) is 6. The summed E-state index contributed by atoms with van der Waals surface area (Å²) in [5, 5.41) is 15.1. The summed E-state index contributed by atoms with van der Waals surface area (Å²) in [5.74, 6) is 7.02. The zero-order chi connectivity index (χ0) is 24.6. The van der Waals surface area contributed by atoms with Gasteiger partial charge in [-0.05, 0) is 57.7 Å². The molecule has 1 aliphatic heterocycles. The molecule has 1 amide bonds. The van der Waals surface area contributed by atoms with Gasteiger partial charge in [0.05, 0.1) is 11.1 Å². The van der Waals surface area contributed by atoms with Gasteiger partial charge in [0.25, 0.3) is 5.91 Å². The van der Waals surface area contributed by atoms with E-state index in [1.54, 1.807) is 12.3 Å². The lowest BCUT2D eigenvalue weighted by Gasteiger charge is -2.36. The van der Waals surface area contributed by atoms with Gasteiger partial charge in [-0.3, -0.25) is 4.79 Å². The summed E-state index contributed by atoms with van der Waals surface area (Å²) in [7, 11) is 0. The highest BCUT2D eigenvalue weighted by atomic mass is 16.3. The van der Waals surface area contributed by atoms with E-state index in [2.05, 4.69) is 41.0 Å². The minimum atomic E-state index is -0.923. The first kappa shape index (κ1) is 23.3. The third kappa shape index (κ3) is 4.88. The normalized spacial score (nSPS) is 22.0. The summed E-state index contributed by atoms with van der Waals surface area (Å²) in [6, 6.07) is 8.03. The lowest BCUT2D eigenvalue weighted by molar-refractivity contribution is 0.0610. The first-order valence-corrected chi connectivity index (χ1v) is 12.4. The van der Waals surface area contributed by atoms with E-state index in [4.69, 9.17) is 5.73 Å². The molecule has 182 valence electrons. The Bertz CT molecular complexity index is 1300. The van der Waals surface area contributed by atoms with Crippen LogP contribution in [0.25, 0.3) is 16.7 Å². The molecule has 0 bridgehead atoms. The fourth-order valence-electron chi connectivity index (χ4n) is 5.28. The highest BCUT2D eigenvalue weighted by Gasteiger charge is 2.29. The van der Waals surface area contributed by atoms with Crippen LogP contribution in [-0.2, 0) is 0 Å². The molecule has 0 radical (unpaired) electrons. The third-order valence-electron chi connectivity index (χ3n) is 6.91. The fourth-order valence-corrected chi connectivity index (χ4v) is 5.28. The highest BCUT2D eigenvalue weighted by molar-refractivity contribution is 6.07. The van der Waals surface area contributed by atoms with Crippen LogP contribution in [0.3, 0.4) is 0 Å². The summed E-state index contributed by atoms with van der Waals surface area (Å²) >= 11 is 0. The van der Waals surface area contributed by atoms with Crippen molar-refractivity contribution in [2.45, 2.75) is 63.6 Å². The highest BCUT2D eigenvalue weighted by Crippen LogP contribution is 2.29. The van der Waals surface area contributed by atoms with E-state index in [0.29, 0.717) is 37.3 Å². The van der Waals surface area contributed by atoms with Gasteiger partial charge in [-0.25, -0.2) is 4.98 Å². The van der Waals surface area contributed by atoms with E-state index in [1.807, 2.05) is 33.9 Å². The molecule has 1 saturated heterocycles. The van der Waals surface area contributed by atoms with E-state index in [0.717, 1.165) is 35.7 Å². The Morgan fingerprint density at radius 1 is 1.17 bits per heavy atom. The van der Waals surface area contributed by atoms with Gasteiger partial charge in [0.1, 0.15) is 11.4 Å². The monoisotopic (exact) mass is 472 g/mol. The minimum absolute atomic E-state index is 0.00803. The zero-order valence-corrected chi connectivity index (χ0v) is 20.3. The Morgan fingerprint density at radius 3 is 2.63 bits per heavy atom. The molecule has 1 aromatic carbocycles. The second-order valence-corrected chi connectivity index (χ2v) is 9.94. The molecule has 3 aromatic rings. The second kappa shape index (κ2) is 9.33. The average Bonchev–Trinajstić information content (AvgIpc) is 3.21. The number of amides is 1. The number of hydrogen-bond donors (Lipinski definition) is 3. The Morgan fingerprint density at radius 2 is 1.91 bits per heavy atom. The molecule has 5 rings (SSSR count). The molecule has 2 unspecified atom stereocenters. The lowest BCUT2D eigenvalue weighted by atomic mass is 9.85. The van der Waals surface area contributed by atoms with E-state index < -0.39 is 5.60 Å². The molecule has 2 atom stereocenters. The van der Waals surface area contributed by atoms with Crippen LogP contribution in [0, 0.1) is 11.8 Å². The number of benzene rings is 1. The van der Waals surface area contributed by atoms with Gasteiger partial charge >= 0.3 is 0 Å². The summed E-state index contributed by atoms with van der Waals surface area (Å²) in [6.07, 6.45) is 7.99. The van der Waals surface area contributed by atoms with Gasteiger partial charge in [-0.15, -0.1) is 0 Å². The largest absolute Gasteiger partial charge is 0.378 e. The predicted octanol–water partition coefficient (Wildman–Crippen LogP) is 2.87. The smallest absolute Gasteiger partial charge is 0.256 e. The number of piperazine rings is 1. The summed E-state index contributed by atoms with van der Waals surface area (Å²) < 4.78 is 1.87. The number of aromatic nitrogens is 3. The number of rotatable bonds is 2. The first-order chi connectivity index (χ1) is 16.8. The Labute approximate surface area is 205 Å². The van der Waals surface area contributed by atoms with E-state index >= 15 is 0 Å². The maximum absolute atomic E-state index is 13.6. The molecule has 3 heterocycles. The molecule has 35 heavy (non-hydrogen) atoms. The van der Waals surface area contributed by atoms with Crippen molar-refractivity contribution in [2.24, 2.45) is 0 Å². The van der Waals surface area contributed by atoms with Crippen molar-refractivity contribution in [1.29, 1.82) is 0 Å². The molecule has 4 N–H and O–H groups in total.